The van der Waals surface area contributed by atoms with Crippen LogP contribution >= 0.6 is 0 Å². The second kappa shape index (κ2) is 7.36. The number of aromatic hydroxyl groups is 1. The molecule has 5 rings (SSSR count). The number of hydrogen-bond acceptors (Lipinski definition) is 3. The number of rotatable bonds is 4. The highest BCUT2D eigenvalue weighted by Gasteiger charge is 2.53. The van der Waals surface area contributed by atoms with Crippen molar-refractivity contribution in [3.05, 3.63) is 59.2 Å². The van der Waals surface area contributed by atoms with E-state index in [2.05, 4.69) is 60.3 Å². The summed E-state index contributed by atoms with van der Waals surface area (Å²) < 4.78 is 0. The maximum atomic E-state index is 10.2. The third-order valence-electron chi connectivity index (χ3n) is 8.08. The second-order valence-electron chi connectivity index (χ2n) is 9.72. The summed E-state index contributed by atoms with van der Waals surface area (Å²) in [4.78, 5) is 4.96. The third-order valence-corrected chi connectivity index (χ3v) is 8.08. The van der Waals surface area contributed by atoms with E-state index in [1.54, 1.807) is 0 Å². The van der Waals surface area contributed by atoms with Gasteiger partial charge in [-0.15, -0.1) is 0 Å². The fraction of sp³-hybridized carbons (Fsp3) is 0.538. The Hall–Kier alpha value is -2.00. The summed E-state index contributed by atoms with van der Waals surface area (Å²) >= 11 is 0. The first-order valence-corrected chi connectivity index (χ1v) is 11.4. The predicted octanol–water partition coefficient (Wildman–Crippen LogP) is 4.76. The molecule has 2 fully saturated rings. The van der Waals surface area contributed by atoms with Gasteiger partial charge in [0.05, 0.1) is 0 Å². The lowest BCUT2D eigenvalue weighted by atomic mass is 9.52. The van der Waals surface area contributed by atoms with Crippen LogP contribution in [0.4, 0.5) is 5.69 Å². The molecule has 0 aromatic heterocycles. The van der Waals surface area contributed by atoms with Crippen LogP contribution in [-0.4, -0.2) is 43.2 Å². The van der Waals surface area contributed by atoms with Crippen LogP contribution in [-0.2, 0) is 18.3 Å². The highest BCUT2D eigenvalue weighted by atomic mass is 16.3. The van der Waals surface area contributed by atoms with Crippen molar-refractivity contribution in [2.24, 2.45) is 5.92 Å². The molecule has 0 unspecified atom stereocenters. The summed E-state index contributed by atoms with van der Waals surface area (Å²) in [5.74, 6) is 1.21. The van der Waals surface area contributed by atoms with Crippen LogP contribution in [0.3, 0.4) is 0 Å². The van der Waals surface area contributed by atoms with E-state index < -0.39 is 0 Å². The molecule has 1 saturated heterocycles. The maximum absolute atomic E-state index is 10.2. The Morgan fingerprint density at radius 2 is 1.90 bits per heavy atom. The Balaban J connectivity index is 1.37. The van der Waals surface area contributed by atoms with Gasteiger partial charge in [0.25, 0.3) is 0 Å². The second-order valence-corrected chi connectivity index (χ2v) is 9.72. The predicted molar refractivity (Wildman–Crippen MR) is 120 cm³/mol. The fourth-order valence-electron chi connectivity index (χ4n) is 6.58. The Labute approximate surface area is 175 Å². The van der Waals surface area contributed by atoms with Crippen molar-refractivity contribution in [3.63, 3.8) is 0 Å². The van der Waals surface area contributed by atoms with E-state index in [1.807, 2.05) is 6.07 Å². The first kappa shape index (κ1) is 19.0. The zero-order chi connectivity index (χ0) is 20.0. The zero-order valence-corrected chi connectivity index (χ0v) is 17.9. The van der Waals surface area contributed by atoms with Gasteiger partial charge in [0.15, 0.2) is 0 Å². The molecule has 3 aliphatic rings. The van der Waals surface area contributed by atoms with Crippen molar-refractivity contribution < 1.29 is 5.11 Å². The number of likely N-dealkylation sites (tertiary alicyclic amines) is 1. The Morgan fingerprint density at radius 1 is 1.07 bits per heavy atom. The molecule has 0 radical (unpaired) electrons. The first-order chi connectivity index (χ1) is 14.1. The molecule has 3 nitrogen and oxygen atoms in total. The number of anilines is 1. The number of nitrogens with zero attached hydrogens (tertiary/aromatic N) is 2. The van der Waals surface area contributed by atoms with Gasteiger partial charge in [-0.2, -0.15) is 0 Å². The van der Waals surface area contributed by atoms with E-state index in [4.69, 9.17) is 0 Å². The fourth-order valence-corrected chi connectivity index (χ4v) is 6.58. The lowest BCUT2D eigenvalue weighted by Crippen LogP contribution is -2.61. The third kappa shape index (κ3) is 3.24. The van der Waals surface area contributed by atoms with Crippen LogP contribution < -0.4 is 4.90 Å². The minimum atomic E-state index is 0.319. The van der Waals surface area contributed by atoms with Crippen LogP contribution in [0.2, 0.25) is 0 Å². The Morgan fingerprint density at radius 3 is 2.69 bits per heavy atom. The Bertz CT molecular complexity index is 875. The molecular formula is C26H34N2O. The number of hydrogen-bond donors (Lipinski definition) is 1. The molecule has 1 saturated carbocycles. The van der Waals surface area contributed by atoms with E-state index in [-0.39, 0.29) is 0 Å². The number of benzene rings is 2. The van der Waals surface area contributed by atoms with Crippen LogP contribution in [0.25, 0.3) is 0 Å². The largest absolute Gasteiger partial charge is 0.508 e. The standard InChI is InChI=1S/C26H34N2O/c1-27(2)21-9-6-19(7-10-21)12-15-28-16-14-26-13-4-3-5-23(26)25(28)17-20-8-11-22(29)18-24(20)26/h6-11,18,23,25,29H,3-5,12-17H2,1-2H3/t23-,25+,26+/m0/s1. The molecule has 1 heterocycles. The van der Waals surface area contributed by atoms with E-state index in [0.717, 1.165) is 25.3 Å². The van der Waals surface area contributed by atoms with E-state index in [9.17, 15) is 5.11 Å². The highest BCUT2D eigenvalue weighted by molar-refractivity contribution is 5.46. The molecule has 2 bridgehead atoms. The SMILES string of the molecule is CN(C)c1ccc(CCN2CC[C@]34CCCC[C@H]3[C@H]2Cc2ccc(O)cc24)cc1. The topological polar surface area (TPSA) is 26.7 Å². The minimum Gasteiger partial charge on any atom is -0.508 e. The summed E-state index contributed by atoms with van der Waals surface area (Å²) in [7, 11) is 4.19. The molecule has 2 aromatic carbocycles. The minimum absolute atomic E-state index is 0.319. The summed E-state index contributed by atoms with van der Waals surface area (Å²) in [6, 6.07) is 15.9. The van der Waals surface area contributed by atoms with Crippen LogP contribution in [0, 0.1) is 5.92 Å². The maximum Gasteiger partial charge on any atom is 0.115 e. The molecule has 3 atom stereocenters. The summed E-state index contributed by atoms with van der Waals surface area (Å²) in [5, 5.41) is 10.2. The lowest BCUT2D eigenvalue weighted by Gasteiger charge is -2.59. The van der Waals surface area contributed by atoms with Gasteiger partial charge in [-0.1, -0.05) is 31.0 Å². The van der Waals surface area contributed by atoms with Gasteiger partial charge in [-0.3, -0.25) is 4.90 Å². The van der Waals surface area contributed by atoms with Gasteiger partial charge in [-0.25, -0.2) is 0 Å². The van der Waals surface area contributed by atoms with Crippen LogP contribution in [0.15, 0.2) is 42.5 Å². The van der Waals surface area contributed by atoms with Crippen molar-refractivity contribution in [1.29, 1.82) is 0 Å². The zero-order valence-electron chi connectivity index (χ0n) is 17.9. The molecule has 154 valence electrons. The van der Waals surface area contributed by atoms with Crippen LogP contribution in [0.1, 0.15) is 48.8 Å². The molecule has 2 aromatic rings. The van der Waals surface area contributed by atoms with Gasteiger partial charge in [0.1, 0.15) is 5.75 Å². The van der Waals surface area contributed by atoms with Gasteiger partial charge >= 0.3 is 0 Å². The van der Waals surface area contributed by atoms with Crippen molar-refractivity contribution >= 4 is 5.69 Å². The highest BCUT2D eigenvalue weighted by Crippen LogP contribution is 2.56. The van der Waals surface area contributed by atoms with E-state index >= 15 is 0 Å². The van der Waals surface area contributed by atoms with Crippen LogP contribution in [0.5, 0.6) is 5.75 Å². The van der Waals surface area contributed by atoms with E-state index in [0.29, 0.717) is 17.2 Å². The van der Waals surface area contributed by atoms with E-state index in [1.165, 1.54) is 61.0 Å². The lowest BCUT2D eigenvalue weighted by molar-refractivity contribution is -0.0106. The number of piperidine rings is 1. The summed E-state index contributed by atoms with van der Waals surface area (Å²) in [5.41, 5.74) is 6.01. The van der Waals surface area contributed by atoms with Crippen molar-refractivity contribution in [3.8, 4) is 5.75 Å². The molecule has 2 aliphatic carbocycles. The smallest absolute Gasteiger partial charge is 0.115 e. The molecule has 1 aliphatic heterocycles. The molecule has 3 heteroatoms. The summed E-state index contributed by atoms with van der Waals surface area (Å²) in [6.45, 7) is 2.36. The molecule has 0 amide bonds. The average molecular weight is 391 g/mol. The van der Waals surface area contributed by atoms with Crippen molar-refractivity contribution in [2.45, 2.75) is 56.4 Å². The van der Waals surface area contributed by atoms with Gasteiger partial charge in [0.2, 0.25) is 0 Å². The van der Waals surface area contributed by atoms with Gasteiger partial charge in [-0.05, 0) is 85.5 Å². The van der Waals surface area contributed by atoms with Gasteiger partial charge < -0.3 is 10.0 Å². The van der Waals surface area contributed by atoms with Gasteiger partial charge in [0, 0.05) is 37.8 Å². The summed E-state index contributed by atoms with van der Waals surface area (Å²) in [6.07, 6.45) is 8.92. The average Bonchev–Trinajstić information content (AvgIpc) is 2.74. The first-order valence-electron chi connectivity index (χ1n) is 11.4. The Kier molecular flexibility index (Phi) is 4.82. The molecular weight excluding hydrogens is 356 g/mol. The normalized spacial score (nSPS) is 28.5. The number of fused-ring (bicyclic) bond motifs is 1. The monoisotopic (exact) mass is 390 g/mol. The van der Waals surface area contributed by atoms with Crippen molar-refractivity contribution in [1.82, 2.24) is 4.90 Å². The molecule has 1 N–H and O–H groups in total. The quantitative estimate of drug-likeness (QED) is 0.815. The number of phenolic OH excluding ortho intramolecular Hbond substituents is 1. The molecule has 29 heavy (non-hydrogen) atoms. The number of phenols is 1. The molecule has 0 spiro atoms. The van der Waals surface area contributed by atoms with Crippen molar-refractivity contribution in [2.75, 3.05) is 32.1 Å².